The average molecular weight is 636 g/mol. The van der Waals surface area contributed by atoms with Crippen LogP contribution >= 0.6 is 40.0 Å². The van der Waals surface area contributed by atoms with E-state index in [1.807, 2.05) is 0 Å². The molecule has 0 aliphatic carbocycles. The van der Waals surface area contributed by atoms with Crippen LogP contribution in [0, 0.1) is 0 Å². The fourth-order valence-corrected chi connectivity index (χ4v) is 7.39. The Morgan fingerprint density at radius 1 is 0.676 bits per heavy atom. The smallest absolute Gasteiger partial charge is 0.349 e. The number of rotatable bonds is 24. The minimum absolute atomic E-state index is 0.0566. The monoisotopic (exact) mass is 636 g/mol. The van der Waals surface area contributed by atoms with E-state index in [9.17, 15) is 38.2 Å². The van der Waals surface area contributed by atoms with Gasteiger partial charge < -0.3 is 19.6 Å². The van der Waals surface area contributed by atoms with E-state index in [4.69, 9.17) is 19.6 Å². The molecule has 0 aromatic heterocycles. The summed E-state index contributed by atoms with van der Waals surface area (Å²) in [6, 6.07) is 0. The van der Waals surface area contributed by atoms with Crippen molar-refractivity contribution in [3.63, 3.8) is 0 Å². The molecule has 0 aliphatic heterocycles. The Labute approximate surface area is 221 Å². The average Bonchev–Trinajstić information content (AvgIpc) is 2.68. The molecule has 2 atom stereocenters. The molecule has 0 amide bonds. The molecule has 0 heterocycles. The Morgan fingerprint density at radius 2 is 1.05 bits per heavy atom. The van der Waals surface area contributed by atoms with E-state index in [-0.39, 0.29) is 25.1 Å². The predicted molar refractivity (Wildman–Crippen MR) is 143 cm³/mol. The lowest BCUT2D eigenvalue weighted by molar-refractivity contribution is 0.258. The van der Waals surface area contributed by atoms with Crippen LogP contribution in [0.1, 0.15) is 51.4 Å². The van der Waals surface area contributed by atoms with Crippen LogP contribution in [0.2, 0.25) is 0 Å². The molecule has 0 spiro atoms. The normalized spacial score (nSPS) is 13.9. The van der Waals surface area contributed by atoms with Crippen molar-refractivity contribution in [3.05, 3.63) is 0 Å². The summed E-state index contributed by atoms with van der Waals surface area (Å²) >= 11 is 0. The topological polar surface area (TPSA) is 243 Å². The molecule has 0 rings (SSSR count). The molecule has 0 aromatic carbocycles. The fourth-order valence-electron chi connectivity index (χ4n) is 3.72. The molecule has 0 aromatic rings. The molecular weight excluding hydrogens is 593 g/mol. The van der Waals surface area contributed by atoms with Crippen LogP contribution in [0.5, 0.6) is 0 Å². The molecule has 0 bridgehead atoms. The number of hydrogen-bond donors (Lipinski definition) is 9. The van der Waals surface area contributed by atoms with Crippen molar-refractivity contribution in [1.82, 2.24) is 14.7 Å². The summed E-state index contributed by atoms with van der Waals surface area (Å²) in [6.45, 7) is 1.70. The van der Waals surface area contributed by atoms with E-state index in [2.05, 4.69) is 0 Å². The van der Waals surface area contributed by atoms with Crippen molar-refractivity contribution in [2.45, 2.75) is 51.4 Å². The van der Waals surface area contributed by atoms with Gasteiger partial charge in [-0.25, -0.2) is 4.90 Å². The van der Waals surface area contributed by atoms with E-state index in [0.29, 0.717) is 58.3 Å². The highest BCUT2D eigenvalue weighted by Gasteiger charge is 2.35. The van der Waals surface area contributed by atoms with Gasteiger partial charge in [-0.2, -0.15) is 24.5 Å². The fraction of sp³-hybridized carbons (Fsp3) is 1.00. The lowest BCUT2D eigenvalue weighted by Gasteiger charge is -2.23. The molecule has 0 saturated carbocycles. The summed E-state index contributed by atoms with van der Waals surface area (Å²) in [5.41, 5.74) is 0. The Bertz CT molecular complexity index is 697. The van der Waals surface area contributed by atoms with Crippen LogP contribution in [0.15, 0.2) is 0 Å². The third-order valence-corrected chi connectivity index (χ3v) is 8.62. The Kier molecular flexibility index (Phi) is 21.1. The van der Waals surface area contributed by atoms with Crippen molar-refractivity contribution in [2.24, 2.45) is 0 Å². The van der Waals surface area contributed by atoms with Crippen molar-refractivity contribution in [3.8, 4) is 0 Å². The van der Waals surface area contributed by atoms with Gasteiger partial charge in [-0.05, 0) is 47.9 Å². The van der Waals surface area contributed by atoms with Gasteiger partial charge in [0.2, 0.25) is 12.6 Å². The highest BCUT2D eigenvalue weighted by atomic mass is 31.2. The third kappa shape index (κ3) is 26.8. The summed E-state index contributed by atoms with van der Waals surface area (Å²) in [7, 11) is -15.5. The minimum atomic E-state index is -4.24. The highest BCUT2D eigenvalue weighted by Crippen LogP contribution is 2.45. The molecule has 0 saturated heterocycles. The first-order valence-electron chi connectivity index (χ1n) is 11.8. The predicted octanol–water partition coefficient (Wildman–Crippen LogP) is 1.48. The van der Waals surface area contributed by atoms with Gasteiger partial charge in [0, 0.05) is 13.1 Å². The van der Waals surface area contributed by atoms with Gasteiger partial charge in [0.15, 0.2) is 14.7 Å². The van der Waals surface area contributed by atoms with E-state index >= 15 is 0 Å². The maximum Gasteiger partial charge on any atom is 0.521 e. The first-order valence-corrected chi connectivity index (χ1v) is 19.6. The quantitative estimate of drug-likeness (QED) is 0.0538. The zero-order chi connectivity index (χ0) is 28.5. The molecule has 15 nitrogen and oxygen atoms in total. The van der Waals surface area contributed by atoms with Gasteiger partial charge in [-0.3, -0.25) is 14.4 Å². The van der Waals surface area contributed by atoms with Crippen molar-refractivity contribution < 1.29 is 57.7 Å². The SMILES string of the molecule is O=[P+](O)CN(CCCCCCN(CCCCCCN(C[P+](=O)O)C[P+](O)(O)O)CP(=O)(O)O)CP(O)O. The third-order valence-electron chi connectivity index (χ3n) is 5.14. The van der Waals surface area contributed by atoms with E-state index < -0.39 is 46.3 Å². The first kappa shape index (κ1) is 37.8. The Hall–Kier alpha value is 0.810. The molecule has 2 unspecified atom stereocenters. The van der Waals surface area contributed by atoms with Crippen LogP contribution < -0.4 is 0 Å². The zero-order valence-corrected chi connectivity index (χ0v) is 25.3. The van der Waals surface area contributed by atoms with Crippen molar-refractivity contribution in [2.75, 3.05) is 57.6 Å². The summed E-state index contributed by atoms with van der Waals surface area (Å²) in [5, 5.41) is 0. The zero-order valence-electron chi connectivity index (χ0n) is 20.8. The maximum atomic E-state index is 11.5. The van der Waals surface area contributed by atoms with Crippen LogP contribution in [0.4, 0.5) is 0 Å². The van der Waals surface area contributed by atoms with Crippen LogP contribution in [-0.4, -0.2) is 116 Å². The molecule has 220 valence electrons. The van der Waals surface area contributed by atoms with Gasteiger partial charge in [0.1, 0.15) is 6.29 Å². The van der Waals surface area contributed by atoms with E-state index in [1.54, 1.807) is 4.90 Å². The molecule has 0 fully saturated rings. The second-order valence-electron chi connectivity index (χ2n) is 8.88. The summed E-state index contributed by atoms with van der Waals surface area (Å²) in [6.07, 6.45) is 4.32. The largest absolute Gasteiger partial charge is 0.521 e. The van der Waals surface area contributed by atoms with Crippen LogP contribution in [0.3, 0.4) is 0 Å². The number of unbranched alkanes of at least 4 members (excludes halogenated alkanes) is 6. The standard InChI is InChI=1S/C17H40N3O12P5/c21-33(22)13-19(14-34(23)24)11-7-3-1-5-9-18(16-36(27,28)29)10-6-2-4-8-12-20(15-35(25)26)17-37(30,31)32/h21-22,30-32H,1-17H2,(H-3,23,24,25,26,27,28,29)/p+3. The molecule has 0 aliphatic rings. The molecule has 0 radical (unpaired) electrons. The van der Waals surface area contributed by atoms with E-state index in [1.165, 1.54) is 9.80 Å². The van der Waals surface area contributed by atoms with Crippen LogP contribution in [-0.2, 0) is 13.7 Å². The van der Waals surface area contributed by atoms with Gasteiger partial charge in [0.05, 0.1) is 6.29 Å². The summed E-state index contributed by atoms with van der Waals surface area (Å²) < 4.78 is 33.5. The highest BCUT2D eigenvalue weighted by molar-refractivity contribution is 7.58. The number of nitrogens with zero attached hydrogens (tertiary/aromatic N) is 3. The summed E-state index contributed by atoms with van der Waals surface area (Å²) in [4.78, 5) is 87.2. The maximum absolute atomic E-state index is 11.5. The van der Waals surface area contributed by atoms with Crippen LogP contribution in [0.25, 0.3) is 0 Å². The van der Waals surface area contributed by atoms with Gasteiger partial charge in [-0.15, -0.1) is 0 Å². The van der Waals surface area contributed by atoms with Crippen molar-refractivity contribution in [1.29, 1.82) is 0 Å². The second-order valence-corrected chi connectivity index (χ2v) is 15.2. The van der Waals surface area contributed by atoms with E-state index in [0.717, 1.165) is 19.3 Å². The number of hydrogen-bond acceptors (Lipinski definition) is 11. The lowest BCUT2D eigenvalue weighted by atomic mass is 10.1. The van der Waals surface area contributed by atoms with Gasteiger partial charge >= 0.3 is 31.6 Å². The molecule has 20 heteroatoms. The molecule has 9 N–H and O–H groups in total. The Morgan fingerprint density at radius 3 is 1.41 bits per heavy atom. The molecule has 37 heavy (non-hydrogen) atoms. The van der Waals surface area contributed by atoms with Gasteiger partial charge in [-0.1, -0.05) is 25.7 Å². The summed E-state index contributed by atoms with van der Waals surface area (Å²) in [5.74, 6) is 0. The lowest BCUT2D eigenvalue weighted by Crippen LogP contribution is -2.28. The van der Waals surface area contributed by atoms with Crippen molar-refractivity contribution >= 4 is 40.0 Å². The second kappa shape index (κ2) is 20.7. The Balaban J connectivity index is 4.33. The molecular formula is C17H43N3O12P5+3. The minimum Gasteiger partial charge on any atom is -0.349 e. The first-order chi connectivity index (χ1) is 17.1. The van der Waals surface area contributed by atoms with Gasteiger partial charge in [0.25, 0.3) is 0 Å².